The summed E-state index contributed by atoms with van der Waals surface area (Å²) in [6.45, 7) is 4.70. The van der Waals surface area contributed by atoms with Crippen LogP contribution >= 0.6 is 0 Å². The van der Waals surface area contributed by atoms with E-state index in [1.807, 2.05) is 14.1 Å². The van der Waals surface area contributed by atoms with Gasteiger partial charge in [0.25, 0.3) is 23.6 Å². The van der Waals surface area contributed by atoms with Crippen LogP contribution in [-0.2, 0) is 43.7 Å². The monoisotopic (exact) mass is 1050 g/mol. The first-order valence-electron chi connectivity index (χ1n) is 25.3. The summed E-state index contributed by atoms with van der Waals surface area (Å²) in [5, 5.41) is 6.85. The van der Waals surface area contributed by atoms with Gasteiger partial charge in [-0.1, -0.05) is 89.9 Å². The average Bonchev–Trinajstić information content (AvgIpc) is 4.16. The van der Waals surface area contributed by atoms with Gasteiger partial charge in [-0.3, -0.25) is 38.6 Å². The van der Waals surface area contributed by atoms with E-state index in [9.17, 15) is 28.8 Å². The van der Waals surface area contributed by atoms with Crippen LogP contribution in [0.1, 0.15) is 196 Å². The zero-order valence-corrected chi connectivity index (χ0v) is 46.2. The summed E-state index contributed by atoms with van der Waals surface area (Å²) in [7, 11) is 3.99. The number of nitrogens with zero attached hydrogens (tertiary/aromatic N) is 4. The summed E-state index contributed by atoms with van der Waals surface area (Å²) in [5.74, 6) is -0.318. The van der Waals surface area contributed by atoms with Crippen LogP contribution in [0.2, 0.25) is 0 Å². The number of hydrogen-bond donors (Lipinski definition) is 2. The Labute approximate surface area is 445 Å². The Kier molecular flexibility index (Phi) is 33.5. The smallest absolute Gasteiger partial charge is 0.358 e. The quantitative estimate of drug-likeness (QED) is 0.0578. The van der Waals surface area contributed by atoms with Crippen molar-refractivity contribution in [3.63, 3.8) is 0 Å². The molecule has 2 aliphatic heterocycles. The Balaban J connectivity index is 0.00000265. The minimum Gasteiger partial charge on any atom is -0.358 e. The molecule has 2 aromatic carbocycles. The van der Waals surface area contributed by atoms with Crippen LogP contribution < -0.4 is 10.6 Å². The van der Waals surface area contributed by atoms with Crippen molar-refractivity contribution in [2.24, 2.45) is 11.8 Å². The van der Waals surface area contributed by atoms with E-state index in [-0.39, 0.29) is 88.7 Å². The Morgan fingerprint density at radius 1 is 0.457 bits per heavy atom. The van der Waals surface area contributed by atoms with Crippen LogP contribution in [-0.4, -0.2) is 121 Å². The predicted molar refractivity (Wildman–Crippen MR) is 279 cm³/mol. The second-order valence-electron chi connectivity index (χ2n) is 19.6. The molecular formula is C56H90Fe2N6O6. The van der Waals surface area contributed by atoms with E-state index in [4.69, 9.17) is 0 Å². The number of amides is 6. The molecule has 6 amide bonds. The van der Waals surface area contributed by atoms with Crippen molar-refractivity contribution in [2.75, 3.05) is 66.5 Å². The first-order chi connectivity index (χ1) is 31.1. The molecule has 0 bridgehead atoms. The number of carbonyl (C=O) groups is 6. The molecule has 14 heteroatoms. The molecule has 4 saturated carbocycles. The van der Waals surface area contributed by atoms with Crippen molar-refractivity contribution < 1.29 is 62.9 Å². The van der Waals surface area contributed by atoms with Gasteiger partial charge in [0, 0.05) is 72.0 Å². The second-order valence-corrected chi connectivity index (χ2v) is 19.6. The Morgan fingerprint density at radius 2 is 0.714 bits per heavy atom. The normalized spacial score (nSPS) is 17.0. The number of nitrogens with one attached hydrogen (secondary N) is 2. The average molecular weight is 1060 g/mol. The summed E-state index contributed by atoms with van der Waals surface area (Å²) in [4.78, 5) is 86.0. The molecule has 2 aromatic rings. The maximum absolute atomic E-state index is 13.7. The van der Waals surface area contributed by atoms with Crippen molar-refractivity contribution >= 4 is 46.2 Å². The van der Waals surface area contributed by atoms with Crippen LogP contribution in [0, 0.1) is 41.5 Å². The van der Waals surface area contributed by atoms with Gasteiger partial charge in [-0.15, -0.1) is 0 Å². The summed E-state index contributed by atoms with van der Waals surface area (Å²) in [6, 6.07) is 6.47. The van der Waals surface area contributed by atoms with Gasteiger partial charge >= 0.3 is 34.1 Å². The Hall–Kier alpha value is -3.12. The molecule has 396 valence electrons. The fraction of sp³-hybridized carbons (Fsp3) is 0.643. The SMILES string of the molecule is C1CCCC1.C1CCCC1.CN(CCCNC(=O)CC1CCCC1)CCCN1C(=O)c2ccc3c4c(ccc(c24)C1=O)C(=O)N(CCCN(C)CCCNC(=O)CC1CCCC1)C3=O.[CH3-].[CH3-].[CH3-].[CH3-].[Fe+2].[Fe+2]. The van der Waals surface area contributed by atoms with Gasteiger partial charge in [0.2, 0.25) is 11.8 Å². The Bertz CT molecular complexity index is 1690. The number of carbonyl (C=O) groups excluding carboxylic acids is 6. The predicted octanol–water partition coefficient (Wildman–Crippen LogP) is 10.5. The van der Waals surface area contributed by atoms with Crippen molar-refractivity contribution in [3.05, 3.63) is 76.2 Å². The maximum Gasteiger partial charge on any atom is 2.00 e. The fourth-order valence-corrected chi connectivity index (χ4v) is 10.6. The molecule has 2 N–H and O–H groups in total. The van der Waals surface area contributed by atoms with Crippen molar-refractivity contribution in [1.29, 1.82) is 0 Å². The van der Waals surface area contributed by atoms with Crippen LogP contribution in [0.25, 0.3) is 10.8 Å². The molecule has 0 atom stereocenters. The van der Waals surface area contributed by atoms with E-state index in [0.717, 1.165) is 51.6 Å². The zero-order chi connectivity index (χ0) is 45.3. The third kappa shape index (κ3) is 19.4. The third-order valence-corrected chi connectivity index (χ3v) is 14.4. The van der Waals surface area contributed by atoms with Gasteiger partial charge in [-0.25, -0.2) is 0 Å². The van der Waals surface area contributed by atoms with Crippen molar-refractivity contribution in [1.82, 2.24) is 30.2 Å². The molecule has 70 heavy (non-hydrogen) atoms. The van der Waals surface area contributed by atoms with E-state index in [0.29, 0.717) is 96.7 Å². The van der Waals surface area contributed by atoms with E-state index in [1.165, 1.54) is 99.7 Å². The van der Waals surface area contributed by atoms with Crippen LogP contribution in [0.3, 0.4) is 0 Å². The molecule has 12 nitrogen and oxygen atoms in total. The third-order valence-electron chi connectivity index (χ3n) is 14.4. The molecule has 4 aliphatic carbocycles. The van der Waals surface area contributed by atoms with E-state index < -0.39 is 23.6 Å². The molecular weight excluding hydrogens is 964 g/mol. The van der Waals surface area contributed by atoms with E-state index in [2.05, 4.69) is 20.4 Å². The van der Waals surface area contributed by atoms with Gasteiger partial charge in [0.15, 0.2) is 0 Å². The molecule has 0 unspecified atom stereocenters. The summed E-state index contributed by atoms with van der Waals surface area (Å²) < 4.78 is 0. The molecule has 6 aliphatic rings. The summed E-state index contributed by atoms with van der Waals surface area (Å²) in [5.41, 5.74) is 1.32. The number of imide groups is 2. The summed E-state index contributed by atoms with van der Waals surface area (Å²) in [6.07, 6.45) is 28.6. The number of rotatable bonds is 20. The zero-order valence-electron chi connectivity index (χ0n) is 44.0. The van der Waals surface area contributed by atoms with Crippen molar-refractivity contribution in [2.45, 2.75) is 154 Å². The van der Waals surface area contributed by atoms with Gasteiger partial charge in [-0.05, 0) is 128 Å². The number of benzene rings is 2. The maximum atomic E-state index is 13.7. The van der Waals surface area contributed by atoms with Crippen LogP contribution in [0.15, 0.2) is 24.3 Å². The number of hydrogen-bond acceptors (Lipinski definition) is 8. The summed E-state index contributed by atoms with van der Waals surface area (Å²) >= 11 is 0. The molecule has 8 rings (SSSR count). The molecule has 0 saturated heterocycles. The van der Waals surface area contributed by atoms with E-state index in [1.54, 1.807) is 24.3 Å². The largest absolute Gasteiger partial charge is 2.00 e. The minimum absolute atomic E-state index is 0. The minimum atomic E-state index is -0.414. The fourth-order valence-electron chi connectivity index (χ4n) is 10.6. The first kappa shape index (κ1) is 66.9. The molecule has 0 aromatic heterocycles. The van der Waals surface area contributed by atoms with Crippen molar-refractivity contribution in [3.8, 4) is 0 Å². The van der Waals surface area contributed by atoms with Crippen LogP contribution in [0.5, 0.6) is 0 Å². The molecule has 0 spiro atoms. The standard InChI is InChI=1S/C42H58N6O6.2C5H10.4CH3.2Fe/c1-45(21-7-19-43-35(49)27-29-11-3-4-12-29)23-9-25-47-39(51)31-15-17-33-38-34(18-16-32(37(31)38)40(47)52)42(54)48(41(33)53)26-10-24-46(2)22-8-20-44-36(50)28-30-13-5-6-14-30;2*1-2-4-5-3-1;;;;;;/h15-18,29-30H,3-14,19-28H2,1-2H3,(H,43,49)(H,44,50);2*1-5H2;4*1H3;;/q;;;4*-1;2*+2. The van der Waals surface area contributed by atoms with E-state index >= 15 is 0 Å². The molecule has 0 radical (unpaired) electrons. The molecule has 2 heterocycles. The molecule has 4 fully saturated rings. The van der Waals surface area contributed by atoms with Gasteiger partial charge < -0.3 is 50.1 Å². The topological polar surface area (TPSA) is 139 Å². The van der Waals surface area contributed by atoms with Crippen LogP contribution in [0.4, 0.5) is 0 Å². The Morgan fingerprint density at radius 3 is 0.986 bits per heavy atom. The second kappa shape index (κ2) is 35.1. The van der Waals surface area contributed by atoms with Gasteiger partial charge in [-0.2, -0.15) is 0 Å². The first-order valence-corrected chi connectivity index (χ1v) is 25.3. The van der Waals surface area contributed by atoms with Gasteiger partial charge in [0.05, 0.1) is 0 Å². The van der Waals surface area contributed by atoms with Gasteiger partial charge in [0.1, 0.15) is 0 Å².